The number of hydrogen-bond donors (Lipinski definition) is 0. The van der Waals surface area contributed by atoms with Crippen LogP contribution in [0.25, 0.3) is 0 Å². The van der Waals surface area contributed by atoms with Gasteiger partial charge < -0.3 is 0 Å². The maximum absolute atomic E-state index is 12.0. The third-order valence-corrected chi connectivity index (χ3v) is 8.08. The van der Waals surface area contributed by atoms with E-state index >= 15 is 0 Å². The van der Waals surface area contributed by atoms with Crippen LogP contribution in [0.1, 0.15) is 32.1 Å². The van der Waals surface area contributed by atoms with Gasteiger partial charge in [-0.15, -0.1) is 6.58 Å². The summed E-state index contributed by atoms with van der Waals surface area (Å²) in [6, 6.07) is 0. The molecular formula is C14H22OS. The van der Waals surface area contributed by atoms with Gasteiger partial charge in [-0.3, -0.25) is 4.79 Å². The van der Waals surface area contributed by atoms with Crippen LogP contribution >= 0.6 is 10.0 Å². The highest BCUT2D eigenvalue weighted by molar-refractivity contribution is 8.34. The molecule has 1 nitrogen and oxygen atoms in total. The van der Waals surface area contributed by atoms with Gasteiger partial charge in [0.25, 0.3) is 0 Å². The number of carbonyl (C=O) groups is 1. The van der Waals surface area contributed by atoms with Crippen LogP contribution in [-0.4, -0.2) is 28.8 Å². The zero-order chi connectivity index (χ0) is 11.4. The Bertz CT molecular complexity index is 311. The largest absolute Gasteiger partial charge is 0.295 e. The van der Waals surface area contributed by atoms with Gasteiger partial charge >= 0.3 is 0 Å². The van der Waals surface area contributed by atoms with E-state index in [1.807, 2.05) is 6.08 Å². The first kappa shape index (κ1) is 12.0. The Morgan fingerprint density at radius 3 is 2.81 bits per heavy atom. The Hall–Kier alpha value is -0.500. The number of allylic oxidation sites excluding steroid dienone is 2. The van der Waals surface area contributed by atoms with Crippen molar-refractivity contribution >= 4 is 15.8 Å². The van der Waals surface area contributed by atoms with Gasteiger partial charge in [0.1, 0.15) is 0 Å². The average Bonchev–Trinajstić information content (AvgIpc) is 2.74. The van der Waals surface area contributed by atoms with E-state index in [0.717, 1.165) is 24.2 Å². The van der Waals surface area contributed by atoms with E-state index < -0.39 is 10.0 Å². The first-order chi connectivity index (χ1) is 7.76. The van der Waals surface area contributed by atoms with Crippen molar-refractivity contribution in [2.45, 2.75) is 32.1 Å². The van der Waals surface area contributed by atoms with Crippen LogP contribution in [-0.2, 0) is 4.79 Å². The van der Waals surface area contributed by atoms with E-state index in [1.54, 1.807) is 0 Å². The van der Waals surface area contributed by atoms with Gasteiger partial charge in [-0.1, -0.05) is 12.2 Å². The number of hydrogen-bond acceptors (Lipinski definition) is 1. The summed E-state index contributed by atoms with van der Waals surface area (Å²) in [5.74, 6) is 5.78. The van der Waals surface area contributed by atoms with Crippen molar-refractivity contribution in [1.29, 1.82) is 0 Å². The lowest BCUT2D eigenvalue weighted by molar-refractivity contribution is -0.115. The summed E-state index contributed by atoms with van der Waals surface area (Å²) < 4.78 is 0. The van der Waals surface area contributed by atoms with Crippen LogP contribution in [0.4, 0.5) is 0 Å². The lowest BCUT2D eigenvalue weighted by atomic mass is 10.1. The third kappa shape index (κ3) is 2.60. The summed E-state index contributed by atoms with van der Waals surface area (Å²) in [5, 5.41) is 0. The third-order valence-electron chi connectivity index (χ3n) is 3.74. The summed E-state index contributed by atoms with van der Waals surface area (Å²) in [6.45, 7) is 3.68. The van der Waals surface area contributed by atoms with Crippen molar-refractivity contribution < 1.29 is 4.79 Å². The van der Waals surface area contributed by atoms with Crippen LogP contribution in [0.15, 0.2) is 24.3 Å². The zero-order valence-electron chi connectivity index (χ0n) is 10.0. The fourth-order valence-electron chi connectivity index (χ4n) is 2.80. The van der Waals surface area contributed by atoms with Crippen LogP contribution < -0.4 is 0 Å². The molecule has 1 spiro atoms. The number of rotatable bonds is 4. The maximum atomic E-state index is 12.0. The Morgan fingerprint density at radius 2 is 2.12 bits per heavy atom. The summed E-state index contributed by atoms with van der Waals surface area (Å²) in [4.78, 5) is 12.0. The zero-order valence-corrected chi connectivity index (χ0v) is 10.9. The molecule has 2 rings (SSSR count). The summed E-state index contributed by atoms with van der Waals surface area (Å²) in [6.07, 6.45) is 9.53. The van der Waals surface area contributed by atoms with Gasteiger partial charge in [-0.2, -0.15) is 0 Å². The van der Waals surface area contributed by atoms with Gasteiger partial charge in [0, 0.05) is 12.2 Å². The maximum Gasteiger partial charge on any atom is 0.159 e. The van der Waals surface area contributed by atoms with E-state index in [2.05, 4.69) is 12.7 Å². The average molecular weight is 238 g/mol. The molecule has 0 amide bonds. The highest BCUT2D eigenvalue weighted by atomic mass is 32.3. The van der Waals surface area contributed by atoms with Crippen LogP contribution in [0, 0.1) is 0 Å². The molecule has 1 saturated heterocycles. The second-order valence-corrected chi connectivity index (χ2v) is 8.92. The van der Waals surface area contributed by atoms with Crippen LogP contribution in [0.3, 0.4) is 0 Å². The van der Waals surface area contributed by atoms with Gasteiger partial charge in [-0.25, -0.2) is 10.0 Å². The van der Waals surface area contributed by atoms with Crippen molar-refractivity contribution in [3.05, 3.63) is 24.3 Å². The lowest BCUT2D eigenvalue weighted by Crippen LogP contribution is -2.21. The van der Waals surface area contributed by atoms with Gasteiger partial charge in [-0.05, 0) is 48.5 Å². The normalized spacial score (nSPS) is 25.1. The topological polar surface area (TPSA) is 17.1 Å². The van der Waals surface area contributed by atoms with Gasteiger partial charge in [0.15, 0.2) is 5.78 Å². The Morgan fingerprint density at radius 1 is 1.38 bits per heavy atom. The van der Waals surface area contributed by atoms with E-state index in [9.17, 15) is 4.79 Å². The fourth-order valence-corrected chi connectivity index (χ4v) is 7.03. The first-order valence-corrected chi connectivity index (χ1v) is 8.64. The molecule has 0 aromatic carbocycles. The predicted molar refractivity (Wildman–Crippen MR) is 73.4 cm³/mol. The molecule has 16 heavy (non-hydrogen) atoms. The molecule has 1 fully saturated rings. The molecule has 0 aromatic heterocycles. The van der Waals surface area contributed by atoms with Crippen molar-refractivity contribution in [1.82, 2.24) is 0 Å². The number of carbonyl (C=O) groups excluding carboxylic acids is 1. The first-order valence-electron chi connectivity index (χ1n) is 6.33. The summed E-state index contributed by atoms with van der Waals surface area (Å²) in [5.41, 5.74) is 1.16. The quantitative estimate of drug-likeness (QED) is 0.686. The molecular weight excluding hydrogens is 216 g/mol. The highest BCUT2D eigenvalue weighted by Crippen LogP contribution is 2.57. The van der Waals surface area contributed by atoms with E-state index in [-0.39, 0.29) is 0 Å². The summed E-state index contributed by atoms with van der Waals surface area (Å²) in [7, 11) is -0.397. The van der Waals surface area contributed by atoms with Gasteiger partial charge in [0.2, 0.25) is 0 Å². The second kappa shape index (κ2) is 5.22. The molecule has 90 valence electrons. The molecule has 0 aliphatic carbocycles. The van der Waals surface area contributed by atoms with E-state index in [4.69, 9.17) is 0 Å². The predicted octanol–water partition coefficient (Wildman–Crippen LogP) is 3.45. The molecule has 2 aliphatic heterocycles. The van der Waals surface area contributed by atoms with Crippen molar-refractivity contribution in [3.8, 4) is 0 Å². The lowest BCUT2D eigenvalue weighted by Gasteiger charge is -2.39. The molecule has 0 atom stereocenters. The minimum Gasteiger partial charge on any atom is -0.295 e. The monoisotopic (exact) mass is 238 g/mol. The Balaban J connectivity index is 1.97. The summed E-state index contributed by atoms with van der Waals surface area (Å²) >= 11 is 0. The molecule has 0 aromatic rings. The Kier molecular flexibility index (Phi) is 3.91. The second-order valence-electron chi connectivity index (χ2n) is 4.96. The number of Topliss-reactive ketones (excluding diaryl/α,β-unsaturated/α-hetero) is 1. The van der Waals surface area contributed by atoms with Crippen molar-refractivity contribution in [3.63, 3.8) is 0 Å². The molecule has 2 aliphatic rings. The van der Waals surface area contributed by atoms with E-state index in [0.29, 0.717) is 12.2 Å². The van der Waals surface area contributed by atoms with Gasteiger partial charge in [0.05, 0.1) is 0 Å². The molecule has 0 bridgehead atoms. The van der Waals surface area contributed by atoms with Crippen molar-refractivity contribution in [2.75, 3.05) is 23.0 Å². The molecule has 0 N–H and O–H groups in total. The fraction of sp³-hybridized carbons (Fsp3) is 0.643. The minimum atomic E-state index is -0.397. The van der Waals surface area contributed by atoms with Crippen LogP contribution in [0.2, 0.25) is 0 Å². The standard InChI is InChI=1S/C14H22OS/c1-2-3-8-14(15)13-7-6-11-16(12-13)9-4-5-10-16/h2,7H,1,3-6,8-12H2. The number of ketones is 1. The molecule has 2 heteroatoms. The molecule has 0 unspecified atom stereocenters. The molecule has 0 saturated carbocycles. The molecule has 0 radical (unpaired) electrons. The van der Waals surface area contributed by atoms with E-state index in [1.165, 1.54) is 30.1 Å². The molecule has 2 heterocycles. The minimum absolute atomic E-state index is 0.387. The Labute approximate surface area is 100 Å². The van der Waals surface area contributed by atoms with Crippen molar-refractivity contribution in [2.24, 2.45) is 0 Å². The van der Waals surface area contributed by atoms with Crippen LogP contribution in [0.5, 0.6) is 0 Å². The smallest absolute Gasteiger partial charge is 0.159 e. The highest BCUT2D eigenvalue weighted by Gasteiger charge is 2.32. The SMILES string of the molecule is C=CCCC(=O)C1=CCCS2(CCCC2)C1.